The molecule has 1 fully saturated rings. The van der Waals surface area contributed by atoms with Gasteiger partial charge in [-0.25, -0.2) is 4.98 Å². The summed E-state index contributed by atoms with van der Waals surface area (Å²) in [6.45, 7) is 1.58. The van der Waals surface area contributed by atoms with Crippen molar-refractivity contribution in [3.63, 3.8) is 0 Å². The maximum absolute atomic E-state index is 5.89. The van der Waals surface area contributed by atoms with Crippen LogP contribution in [-0.4, -0.2) is 24.2 Å². The molecule has 13 heavy (non-hydrogen) atoms. The highest BCUT2D eigenvalue weighted by molar-refractivity contribution is 6.31. The normalized spacial score (nSPS) is 21.8. The number of hydrogen-bond donors (Lipinski definition) is 1. The molecule has 1 unspecified atom stereocenters. The van der Waals surface area contributed by atoms with Crippen molar-refractivity contribution in [3.05, 3.63) is 23.5 Å². The Hall–Kier alpha value is -0.800. The Morgan fingerprint density at radius 2 is 2.54 bits per heavy atom. The molecule has 0 bridgehead atoms. The second-order valence-corrected chi connectivity index (χ2v) is 3.40. The molecular weight excluding hydrogens is 188 g/mol. The van der Waals surface area contributed by atoms with Crippen molar-refractivity contribution in [2.75, 3.05) is 18.5 Å². The summed E-state index contributed by atoms with van der Waals surface area (Å²) < 4.78 is 5.24. The Morgan fingerprint density at radius 3 is 3.23 bits per heavy atom. The van der Waals surface area contributed by atoms with Crippen LogP contribution >= 0.6 is 11.6 Å². The summed E-state index contributed by atoms with van der Waals surface area (Å²) in [6.07, 6.45) is 2.71. The largest absolute Gasteiger partial charge is 0.379 e. The summed E-state index contributed by atoms with van der Waals surface area (Å²) >= 11 is 5.89. The van der Waals surface area contributed by atoms with Crippen LogP contribution in [0.5, 0.6) is 0 Å². The van der Waals surface area contributed by atoms with Gasteiger partial charge in [-0.15, -0.1) is 0 Å². The third-order valence-electron chi connectivity index (χ3n) is 2.05. The van der Waals surface area contributed by atoms with Gasteiger partial charge >= 0.3 is 0 Å². The number of halogens is 1. The first-order chi connectivity index (χ1) is 6.36. The number of aromatic nitrogens is 1. The smallest absolute Gasteiger partial charge is 0.152 e. The molecule has 1 N–H and O–H groups in total. The van der Waals surface area contributed by atoms with Crippen molar-refractivity contribution >= 4 is 17.3 Å². The number of nitrogens with one attached hydrogen (secondary N) is 1. The van der Waals surface area contributed by atoms with Gasteiger partial charge in [-0.05, 0) is 18.6 Å². The van der Waals surface area contributed by atoms with Crippen LogP contribution in [-0.2, 0) is 4.74 Å². The quantitative estimate of drug-likeness (QED) is 0.738. The van der Waals surface area contributed by atoms with Crippen molar-refractivity contribution < 1.29 is 4.74 Å². The van der Waals surface area contributed by atoms with Gasteiger partial charge in [0.25, 0.3) is 0 Å². The van der Waals surface area contributed by atoms with Crippen LogP contribution < -0.4 is 5.32 Å². The highest BCUT2D eigenvalue weighted by atomic mass is 35.5. The Kier molecular flexibility index (Phi) is 2.66. The average Bonchev–Trinajstić information content (AvgIpc) is 2.61. The highest BCUT2D eigenvalue weighted by Crippen LogP contribution is 2.20. The van der Waals surface area contributed by atoms with E-state index in [0.717, 1.165) is 25.3 Å². The van der Waals surface area contributed by atoms with Crippen molar-refractivity contribution in [2.24, 2.45) is 0 Å². The maximum Gasteiger partial charge on any atom is 0.152 e. The predicted molar refractivity (Wildman–Crippen MR) is 52.1 cm³/mol. The summed E-state index contributed by atoms with van der Waals surface area (Å²) in [5, 5.41) is 3.81. The van der Waals surface area contributed by atoms with Gasteiger partial charge in [0.05, 0.1) is 18.3 Å². The third-order valence-corrected chi connectivity index (χ3v) is 2.35. The predicted octanol–water partition coefficient (Wildman–Crippen LogP) is 1.94. The summed E-state index contributed by atoms with van der Waals surface area (Å²) in [7, 11) is 0. The van der Waals surface area contributed by atoms with Crippen LogP contribution in [0.15, 0.2) is 18.3 Å². The molecule has 0 radical (unpaired) electrons. The molecule has 1 aromatic heterocycles. The van der Waals surface area contributed by atoms with Gasteiger partial charge in [0.1, 0.15) is 0 Å². The molecular formula is C9H11ClN2O. The number of anilines is 1. The minimum Gasteiger partial charge on any atom is -0.379 e. The summed E-state index contributed by atoms with van der Waals surface area (Å²) in [5.74, 6) is 0. The van der Waals surface area contributed by atoms with E-state index >= 15 is 0 Å². The summed E-state index contributed by atoms with van der Waals surface area (Å²) in [5.41, 5.74) is 0.889. The van der Waals surface area contributed by atoms with Gasteiger partial charge in [-0.3, -0.25) is 0 Å². The van der Waals surface area contributed by atoms with E-state index in [9.17, 15) is 0 Å². The Balaban J connectivity index is 2.04. The Morgan fingerprint density at radius 1 is 1.62 bits per heavy atom. The van der Waals surface area contributed by atoms with Crippen LogP contribution in [0, 0.1) is 0 Å². The summed E-state index contributed by atoms with van der Waals surface area (Å²) in [6, 6.07) is 4.17. The molecule has 1 aliphatic rings. The van der Waals surface area contributed by atoms with Gasteiger partial charge < -0.3 is 10.1 Å². The fourth-order valence-electron chi connectivity index (χ4n) is 1.36. The zero-order valence-electron chi connectivity index (χ0n) is 7.16. The molecule has 0 amide bonds. The van der Waals surface area contributed by atoms with Gasteiger partial charge in [0, 0.05) is 12.8 Å². The molecule has 0 spiro atoms. The van der Waals surface area contributed by atoms with Crippen LogP contribution in [0.2, 0.25) is 5.15 Å². The molecule has 1 saturated heterocycles. The molecule has 0 saturated carbocycles. The first-order valence-corrected chi connectivity index (χ1v) is 4.69. The molecule has 0 aromatic carbocycles. The van der Waals surface area contributed by atoms with Crippen molar-refractivity contribution in [1.29, 1.82) is 0 Å². The van der Waals surface area contributed by atoms with Crippen LogP contribution in [0.4, 0.5) is 5.69 Å². The molecule has 2 rings (SSSR count). The molecule has 0 aliphatic carbocycles. The highest BCUT2D eigenvalue weighted by Gasteiger charge is 2.15. The molecule has 1 atom stereocenters. The molecule has 3 nitrogen and oxygen atoms in total. The van der Waals surface area contributed by atoms with Crippen molar-refractivity contribution in [3.8, 4) is 0 Å². The van der Waals surface area contributed by atoms with Crippen molar-refractivity contribution in [2.45, 2.75) is 12.5 Å². The van der Waals surface area contributed by atoms with E-state index in [1.165, 1.54) is 0 Å². The second kappa shape index (κ2) is 3.94. The lowest BCUT2D eigenvalue weighted by molar-refractivity contribution is 0.195. The van der Waals surface area contributed by atoms with Crippen LogP contribution in [0.3, 0.4) is 0 Å². The van der Waals surface area contributed by atoms with Crippen molar-refractivity contribution in [1.82, 2.24) is 4.98 Å². The number of nitrogens with zero attached hydrogens (tertiary/aromatic N) is 1. The fourth-order valence-corrected chi connectivity index (χ4v) is 1.54. The number of ether oxygens (including phenoxy) is 1. The Bertz CT molecular complexity index is 287. The Labute approximate surface area is 82.1 Å². The number of rotatable bonds is 2. The molecule has 2 heterocycles. The SMILES string of the molecule is Clc1ncccc1NC1CCOC1. The lowest BCUT2D eigenvalue weighted by Crippen LogP contribution is -2.19. The lowest BCUT2D eigenvalue weighted by atomic mass is 10.2. The maximum atomic E-state index is 5.89. The topological polar surface area (TPSA) is 34.2 Å². The van der Waals surface area contributed by atoms with E-state index in [1.54, 1.807) is 6.20 Å². The third kappa shape index (κ3) is 2.11. The summed E-state index contributed by atoms with van der Waals surface area (Å²) in [4.78, 5) is 3.98. The number of pyridine rings is 1. The van der Waals surface area contributed by atoms with E-state index in [0.29, 0.717) is 11.2 Å². The van der Waals surface area contributed by atoms with Gasteiger partial charge in [0.2, 0.25) is 0 Å². The molecule has 1 aromatic rings. The van der Waals surface area contributed by atoms with E-state index in [1.807, 2.05) is 12.1 Å². The molecule has 4 heteroatoms. The van der Waals surface area contributed by atoms with Crippen LogP contribution in [0.25, 0.3) is 0 Å². The first kappa shape index (κ1) is 8.78. The molecule has 1 aliphatic heterocycles. The minimum absolute atomic E-state index is 0.377. The zero-order chi connectivity index (χ0) is 9.10. The molecule has 70 valence electrons. The van der Waals surface area contributed by atoms with E-state index in [-0.39, 0.29) is 0 Å². The number of hydrogen-bond acceptors (Lipinski definition) is 3. The monoisotopic (exact) mass is 198 g/mol. The van der Waals surface area contributed by atoms with Gasteiger partial charge in [-0.1, -0.05) is 11.6 Å². The minimum atomic E-state index is 0.377. The lowest BCUT2D eigenvalue weighted by Gasteiger charge is -2.12. The first-order valence-electron chi connectivity index (χ1n) is 4.31. The van der Waals surface area contributed by atoms with Gasteiger partial charge in [-0.2, -0.15) is 0 Å². The van der Waals surface area contributed by atoms with Gasteiger partial charge in [0.15, 0.2) is 5.15 Å². The van der Waals surface area contributed by atoms with E-state index in [4.69, 9.17) is 16.3 Å². The van der Waals surface area contributed by atoms with Crippen LogP contribution in [0.1, 0.15) is 6.42 Å². The second-order valence-electron chi connectivity index (χ2n) is 3.05. The van der Waals surface area contributed by atoms with E-state index in [2.05, 4.69) is 10.3 Å². The van der Waals surface area contributed by atoms with E-state index < -0.39 is 0 Å². The average molecular weight is 199 g/mol. The zero-order valence-corrected chi connectivity index (χ0v) is 7.92. The fraction of sp³-hybridized carbons (Fsp3) is 0.444. The standard InChI is InChI=1S/C9H11ClN2O/c10-9-8(2-1-4-11-9)12-7-3-5-13-6-7/h1-2,4,7,12H,3,5-6H2.